The molecule has 6 heteroatoms. The molecule has 2 atom stereocenters. The lowest BCUT2D eigenvalue weighted by molar-refractivity contribution is -0.00489. The molecule has 1 heterocycles. The molecule has 1 aromatic rings. The van der Waals surface area contributed by atoms with Crippen molar-refractivity contribution in [3.05, 3.63) is 20.8 Å². The molecule has 0 bridgehead atoms. The molecule has 2 nitrogen and oxygen atoms in total. The van der Waals surface area contributed by atoms with E-state index in [1.165, 1.54) is 4.88 Å². The van der Waals surface area contributed by atoms with Crippen molar-refractivity contribution in [3.8, 4) is 0 Å². The molecule has 0 radical (unpaired) electrons. The highest BCUT2D eigenvalue weighted by Gasteiger charge is 2.24. The lowest BCUT2D eigenvalue weighted by atomic mass is 9.94. The first-order chi connectivity index (χ1) is 8.08. The van der Waals surface area contributed by atoms with E-state index in [-0.39, 0.29) is 12.6 Å². The summed E-state index contributed by atoms with van der Waals surface area (Å²) < 4.78 is 25.1. The van der Waals surface area contributed by atoms with Gasteiger partial charge in [-0.3, -0.25) is 0 Å². The minimum absolute atomic E-state index is 0.0379. The molecule has 0 amide bonds. The summed E-state index contributed by atoms with van der Waals surface area (Å²) in [5, 5.41) is 12.1. The van der Waals surface area contributed by atoms with Gasteiger partial charge in [0, 0.05) is 17.5 Å². The van der Waals surface area contributed by atoms with Gasteiger partial charge in [-0.25, -0.2) is 8.78 Å². The highest BCUT2D eigenvalue weighted by atomic mass is 35.5. The van der Waals surface area contributed by atoms with Crippen LogP contribution in [0.4, 0.5) is 8.78 Å². The molecule has 0 fully saturated rings. The van der Waals surface area contributed by atoms with Crippen LogP contribution in [0.1, 0.15) is 29.3 Å². The normalized spacial score (nSPS) is 21.6. The number of hydrogen-bond donors (Lipinski definition) is 2. The summed E-state index contributed by atoms with van der Waals surface area (Å²) in [6.45, 7) is -0.0881. The third-order valence-corrected chi connectivity index (χ3v) is 4.29. The first-order valence-electron chi connectivity index (χ1n) is 5.55. The van der Waals surface area contributed by atoms with Crippen LogP contribution in [0.5, 0.6) is 0 Å². The number of thiophene rings is 1. The van der Waals surface area contributed by atoms with E-state index in [0.29, 0.717) is 0 Å². The Labute approximate surface area is 108 Å². The Kier molecular flexibility index (Phi) is 4.36. The maximum atomic E-state index is 12.2. The van der Waals surface area contributed by atoms with E-state index in [1.54, 1.807) is 11.3 Å². The zero-order chi connectivity index (χ0) is 12.4. The summed E-state index contributed by atoms with van der Waals surface area (Å²) in [6, 6.07) is 1.93. The van der Waals surface area contributed by atoms with E-state index in [0.717, 1.165) is 29.2 Å². The van der Waals surface area contributed by atoms with Crippen molar-refractivity contribution in [1.29, 1.82) is 0 Å². The van der Waals surface area contributed by atoms with Crippen molar-refractivity contribution >= 4 is 22.9 Å². The van der Waals surface area contributed by atoms with Gasteiger partial charge in [-0.2, -0.15) is 0 Å². The molecular formula is C11H14ClF2NOS. The van der Waals surface area contributed by atoms with E-state index in [9.17, 15) is 8.78 Å². The molecule has 1 aliphatic carbocycles. The SMILES string of the molecule is OC(CNC1CCCc2sc(Cl)cc21)C(F)F. The average molecular weight is 282 g/mol. The van der Waals surface area contributed by atoms with E-state index in [2.05, 4.69) is 5.32 Å². The third kappa shape index (κ3) is 3.16. The Morgan fingerprint density at radius 3 is 3.06 bits per heavy atom. The lowest BCUT2D eigenvalue weighted by Crippen LogP contribution is -2.35. The Bertz CT molecular complexity index is 386. The number of rotatable bonds is 4. The van der Waals surface area contributed by atoms with Crippen LogP contribution in [0.25, 0.3) is 0 Å². The fourth-order valence-electron chi connectivity index (χ4n) is 2.09. The predicted molar refractivity (Wildman–Crippen MR) is 65.0 cm³/mol. The number of fused-ring (bicyclic) bond motifs is 1. The number of aryl methyl sites for hydroxylation is 1. The van der Waals surface area contributed by atoms with Crippen LogP contribution in [-0.4, -0.2) is 24.2 Å². The first kappa shape index (κ1) is 13.2. The molecule has 0 aliphatic heterocycles. The van der Waals surface area contributed by atoms with Crippen molar-refractivity contribution in [3.63, 3.8) is 0 Å². The van der Waals surface area contributed by atoms with Crippen LogP contribution in [0, 0.1) is 0 Å². The highest BCUT2D eigenvalue weighted by molar-refractivity contribution is 7.16. The van der Waals surface area contributed by atoms with E-state index in [4.69, 9.17) is 16.7 Å². The number of alkyl halides is 2. The first-order valence-corrected chi connectivity index (χ1v) is 6.75. The topological polar surface area (TPSA) is 32.3 Å². The van der Waals surface area contributed by atoms with Gasteiger partial charge >= 0.3 is 0 Å². The molecule has 1 aromatic heterocycles. The highest BCUT2D eigenvalue weighted by Crippen LogP contribution is 2.37. The van der Waals surface area contributed by atoms with Gasteiger partial charge in [0.05, 0.1) is 4.34 Å². The molecule has 17 heavy (non-hydrogen) atoms. The summed E-state index contributed by atoms with van der Waals surface area (Å²) >= 11 is 7.50. The molecule has 96 valence electrons. The van der Waals surface area contributed by atoms with Gasteiger partial charge in [-0.05, 0) is 30.9 Å². The van der Waals surface area contributed by atoms with Crippen LogP contribution >= 0.6 is 22.9 Å². The summed E-state index contributed by atoms with van der Waals surface area (Å²) in [5.41, 5.74) is 1.10. The third-order valence-electron chi connectivity index (χ3n) is 2.95. The second-order valence-corrected chi connectivity index (χ2v) is 5.95. The Hall–Kier alpha value is -0.230. The Balaban J connectivity index is 1.99. The molecule has 2 N–H and O–H groups in total. The number of aliphatic hydroxyl groups excluding tert-OH is 1. The largest absolute Gasteiger partial charge is 0.386 e. The molecule has 2 unspecified atom stereocenters. The average Bonchev–Trinajstić information content (AvgIpc) is 2.66. The second kappa shape index (κ2) is 5.61. The smallest absolute Gasteiger partial charge is 0.265 e. The van der Waals surface area contributed by atoms with Crippen molar-refractivity contribution in [2.24, 2.45) is 0 Å². The fraction of sp³-hybridized carbons (Fsp3) is 0.636. The molecule has 2 rings (SSSR count). The monoisotopic (exact) mass is 281 g/mol. The quantitative estimate of drug-likeness (QED) is 0.889. The standard InChI is InChI=1S/C11H14ClF2NOS/c12-10-4-6-7(2-1-3-9(6)17-10)15-5-8(16)11(13)14/h4,7-8,11,15-16H,1-3,5H2. The number of halogens is 3. The van der Waals surface area contributed by atoms with Crippen LogP contribution in [0.3, 0.4) is 0 Å². The summed E-state index contributed by atoms with van der Waals surface area (Å²) in [6.07, 6.45) is -1.38. The minimum Gasteiger partial charge on any atom is -0.386 e. The van der Waals surface area contributed by atoms with Crippen molar-refractivity contribution < 1.29 is 13.9 Å². The Morgan fingerprint density at radius 2 is 2.35 bits per heavy atom. The fourth-order valence-corrected chi connectivity index (χ4v) is 3.47. The van der Waals surface area contributed by atoms with Crippen LogP contribution in [-0.2, 0) is 6.42 Å². The van der Waals surface area contributed by atoms with Crippen LogP contribution < -0.4 is 5.32 Å². The van der Waals surface area contributed by atoms with E-state index < -0.39 is 12.5 Å². The van der Waals surface area contributed by atoms with Crippen LogP contribution in [0.15, 0.2) is 6.07 Å². The van der Waals surface area contributed by atoms with Gasteiger partial charge < -0.3 is 10.4 Å². The summed E-state index contributed by atoms with van der Waals surface area (Å²) in [7, 11) is 0. The molecule has 0 saturated carbocycles. The van der Waals surface area contributed by atoms with Gasteiger partial charge in [0.1, 0.15) is 6.10 Å². The van der Waals surface area contributed by atoms with E-state index in [1.807, 2.05) is 6.07 Å². The molecule has 0 spiro atoms. The lowest BCUT2D eigenvalue weighted by Gasteiger charge is -2.24. The van der Waals surface area contributed by atoms with Gasteiger partial charge in [0.2, 0.25) is 0 Å². The molecule has 0 saturated heterocycles. The van der Waals surface area contributed by atoms with Crippen molar-refractivity contribution in [2.75, 3.05) is 6.54 Å². The van der Waals surface area contributed by atoms with Gasteiger partial charge in [0.15, 0.2) is 0 Å². The zero-order valence-electron chi connectivity index (χ0n) is 9.13. The Morgan fingerprint density at radius 1 is 1.59 bits per heavy atom. The maximum Gasteiger partial charge on any atom is 0.265 e. The van der Waals surface area contributed by atoms with Gasteiger partial charge in [0.25, 0.3) is 6.43 Å². The number of nitrogens with one attached hydrogen (secondary N) is 1. The number of aliphatic hydroxyl groups is 1. The van der Waals surface area contributed by atoms with Crippen molar-refractivity contribution in [2.45, 2.75) is 37.8 Å². The van der Waals surface area contributed by atoms with Gasteiger partial charge in [-0.1, -0.05) is 11.6 Å². The van der Waals surface area contributed by atoms with Crippen LogP contribution in [0.2, 0.25) is 4.34 Å². The molecule has 1 aliphatic rings. The summed E-state index contributed by atoms with van der Waals surface area (Å²) in [5.74, 6) is 0. The van der Waals surface area contributed by atoms with Crippen molar-refractivity contribution in [1.82, 2.24) is 5.32 Å². The molecule has 0 aromatic carbocycles. The second-order valence-electron chi connectivity index (χ2n) is 4.18. The van der Waals surface area contributed by atoms with E-state index >= 15 is 0 Å². The van der Waals surface area contributed by atoms with Gasteiger partial charge in [-0.15, -0.1) is 11.3 Å². The minimum atomic E-state index is -2.70. The number of hydrogen-bond acceptors (Lipinski definition) is 3. The molecular weight excluding hydrogens is 268 g/mol. The summed E-state index contributed by atoms with van der Waals surface area (Å²) in [4.78, 5) is 1.23. The predicted octanol–water partition coefficient (Wildman–Crippen LogP) is 2.99. The zero-order valence-corrected chi connectivity index (χ0v) is 10.7. The maximum absolute atomic E-state index is 12.2.